The molecule has 3 aromatic rings. The fourth-order valence-electron chi connectivity index (χ4n) is 2.29. The van der Waals surface area contributed by atoms with Gasteiger partial charge in [-0.1, -0.05) is 31.9 Å². The van der Waals surface area contributed by atoms with Crippen LogP contribution in [0.25, 0.3) is 21.8 Å². The van der Waals surface area contributed by atoms with E-state index in [1.807, 2.05) is 36.4 Å². The van der Waals surface area contributed by atoms with E-state index in [9.17, 15) is 8.42 Å². The first-order chi connectivity index (χ1) is 8.88. The largest absolute Gasteiger partial charge is 0.237 e. The summed E-state index contributed by atoms with van der Waals surface area (Å²) in [7, 11) is -3.35. The van der Waals surface area contributed by atoms with Gasteiger partial charge in [-0.2, -0.15) is 0 Å². The van der Waals surface area contributed by atoms with Gasteiger partial charge in [-0.25, -0.2) is 12.4 Å². The molecule has 0 spiro atoms. The van der Waals surface area contributed by atoms with Crippen molar-refractivity contribution in [2.45, 2.75) is 0 Å². The van der Waals surface area contributed by atoms with Crippen LogP contribution in [-0.4, -0.2) is 18.6 Å². The Bertz CT molecular complexity index is 854. The molecule has 6 heteroatoms. The molecule has 1 aromatic heterocycles. The number of hydrogen-bond acceptors (Lipinski definition) is 2. The molecule has 0 fully saturated rings. The highest BCUT2D eigenvalue weighted by atomic mass is 79.9. The number of fused-ring (bicyclic) bond motifs is 3. The first-order valence-corrected chi connectivity index (χ1v) is 8.91. The van der Waals surface area contributed by atoms with Gasteiger partial charge in [0.25, 0.3) is 0 Å². The van der Waals surface area contributed by atoms with Crippen molar-refractivity contribution in [2.75, 3.05) is 6.26 Å². The molecule has 0 aliphatic heterocycles. The van der Waals surface area contributed by atoms with Gasteiger partial charge >= 0.3 is 0 Å². The highest BCUT2D eigenvalue weighted by Gasteiger charge is 2.17. The zero-order valence-electron chi connectivity index (χ0n) is 9.89. The second-order valence-electron chi connectivity index (χ2n) is 4.35. The Hall–Kier alpha value is -0.850. The molecule has 2 aromatic carbocycles. The van der Waals surface area contributed by atoms with E-state index in [0.29, 0.717) is 11.0 Å². The van der Waals surface area contributed by atoms with Crippen LogP contribution in [-0.2, 0) is 10.0 Å². The van der Waals surface area contributed by atoms with Gasteiger partial charge in [0.05, 0.1) is 17.3 Å². The molecule has 0 saturated carbocycles. The van der Waals surface area contributed by atoms with Crippen LogP contribution in [0.2, 0.25) is 0 Å². The molecule has 98 valence electrons. The van der Waals surface area contributed by atoms with E-state index < -0.39 is 10.0 Å². The lowest BCUT2D eigenvalue weighted by atomic mass is 10.2. The molecule has 0 aliphatic carbocycles. The maximum absolute atomic E-state index is 12.0. The molecule has 0 unspecified atom stereocenters. The maximum Gasteiger partial charge on any atom is 0.236 e. The first-order valence-electron chi connectivity index (χ1n) is 5.48. The van der Waals surface area contributed by atoms with Crippen molar-refractivity contribution in [1.29, 1.82) is 0 Å². The van der Waals surface area contributed by atoms with Crippen molar-refractivity contribution in [3.8, 4) is 0 Å². The van der Waals surface area contributed by atoms with E-state index in [-0.39, 0.29) is 0 Å². The van der Waals surface area contributed by atoms with E-state index in [1.165, 1.54) is 10.2 Å². The Balaban J connectivity index is 2.66. The molecular formula is C13H9Br2NO2S. The molecule has 0 amide bonds. The normalized spacial score (nSPS) is 12.4. The summed E-state index contributed by atoms with van der Waals surface area (Å²) in [5, 5.41) is 1.83. The first kappa shape index (κ1) is 13.1. The third kappa shape index (κ3) is 2.11. The minimum atomic E-state index is -3.35. The Labute approximate surface area is 127 Å². The minimum absolute atomic E-state index is 0.693. The maximum atomic E-state index is 12.0. The van der Waals surface area contributed by atoms with Gasteiger partial charge in [-0.3, -0.25) is 0 Å². The van der Waals surface area contributed by atoms with Gasteiger partial charge in [0.2, 0.25) is 10.0 Å². The fraction of sp³-hybridized carbons (Fsp3) is 0.0769. The second kappa shape index (κ2) is 4.33. The summed E-state index contributed by atoms with van der Waals surface area (Å²) in [6.45, 7) is 0. The SMILES string of the molecule is CS(=O)(=O)n1c2ccc(Br)cc2c2cc(Br)ccc21. The zero-order chi connectivity index (χ0) is 13.8. The number of hydrogen-bond donors (Lipinski definition) is 0. The molecule has 0 atom stereocenters. The van der Waals surface area contributed by atoms with Crippen molar-refractivity contribution in [2.24, 2.45) is 0 Å². The number of aromatic nitrogens is 1. The minimum Gasteiger partial charge on any atom is -0.237 e. The Morgan fingerprint density at radius 1 is 0.895 bits per heavy atom. The van der Waals surface area contributed by atoms with E-state index in [4.69, 9.17) is 0 Å². The third-order valence-electron chi connectivity index (χ3n) is 2.98. The van der Waals surface area contributed by atoms with Crippen LogP contribution >= 0.6 is 31.9 Å². The number of nitrogens with zero attached hydrogens (tertiary/aromatic N) is 1. The van der Waals surface area contributed by atoms with Crippen LogP contribution in [0.15, 0.2) is 45.3 Å². The summed E-state index contributed by atoms with van der Waals surface area (Å²) in [5.41, 5.74) is 1.39. The molecule has 3 nitrogen and oxygen atoms in total. The lowest BCUT2D eigenvalue weighted by molar-refractivity contribution is 0.596. The summed E-state index contributed by atoms with van der Waals surface area (Å²) in [4.78, 5) is 0. The molecule has 0 bridgehead atoms. The molecule has 0 radical (unpaired) electrons. The Kier molecular flexibility index (Phi) is 2.99. The molecular weight excluding hydrogens is 394 g/mol. The summed E-state index contributed by atoms with van der Waals surface area (Å²) < 4.78 is 27.3. The molecule has 0 saturated heterocycles. The highest BCUT2D eigenvalue weighted by Crippen LogP contribution is 2.33. The lowest BCUT2D eigenvalue weighted by Gasteiger charge is -2.03. The molecule has 0 N–H and O–H groups in total. The Morgan fingerprint density at radius 2 is 1.32 bits per heavy atom. The number of benzene rings is 2. The average molecular weight is 403 g/mol. The van der Waals surface area contributed by atoms with Gasteiger partial charge in [0.1, 0.15) is 0 Å². The predicted octanol–water partition coefficient (Wildman–Crippen LogP) is 4.13. The van der Waals surface area contributed by atoms with E-state index in [2.05, 4.69) is 31.9 Å². The smallest absolute Gasteiger partial charge is 0.236 e. The fourth-order valence-corrected chi connectivity index (χ4v) is 4.04. The predicted molar refractivity (Wildman–Crippen MR) is 85.1 cm³/mol. The third-order valence-corrected chi connectivity index (χ3v) is 5.02. The van der Waals surface area contributed by atoms with E-state index >= 15 is 0 Å². The topological polar surface area (TPSA) is 39.1 Å². The van der Waals surface area contributed by atoms with E-state index in [1.54, 1.807) is 0 Å². The summed E-state index contributed by atoms with van der Waals surface area (Å²) >= 11 is 6.85. The van der Waals surface area contributed by atoms with Crippen molar-refractivity contribution < 1.29 is 8.42 Å². The summed E-state index contributed by atoms with van der Waals surface area (Å²) in [6.07, 6.45) is 1.22. The molecule has 0 aliphatic rings. The van der Waals surface area contributed by atoms with Crippen LogP contribution in [0, 0.1) is 0 Å². The monoisotopic (exact) mass is 401 g/mol. The van der Waals surface area contributed by atoms with Gasteiger partial charge in [-0.15, -0.1) is 0 Å². The van der Waals surface area contributed by atoms with Crippen LogP contribution in [0.3, 0.4) is 0 Å². The lowest BCUT2D eigenvalue weighted by Crippen LogP contribution is -2.09. The average Bonchev–Trinajstić information content (AvgIpc) is 2.62. The second-order valence-corrected chi connectivity index (χ2v) is 8.01. The molecule has 1 heterocycles. The standard InChI is InChI=1S/C13H9Br2NO2S/c1-19(17,18)16-12-4-2-8(14)6-10(12)11-7-9(15)3-5-13(11)16/h2-7H,1H3. The summed E-state index contributed by atoms with van der Waals surface area (Å²) in [6, 6.07) is 11.2. The van der Waals surface area contributed by atoms with Crippen LogP contribution < -0.4 is 0 Å². The number of halogens is 2. The number of rotatable bonds is 1. The van der Waals surface area contributed by atoms with Gasteiger partial charge in [0, 0.05) is 19.7 Å². The van der Waals surface area contributed by atoms with Gasteiger partial charge in [0.15, 0.2) is 0 Å². The zero-order valence-corrected chi connectivity index (χ0v) is 13.9. The van der Waals surface area contributed by atoms with Crippen molar-refractivity contribution >= 4 is 63.7 Å². The highest BCUT2D eigenvalue weighted by molar-refractivity contribution is 9.10. The van der Waals surface area contributed by atoms with Gasteiger partial charge in [-0.05, 0) is 36.4 Å². The van der Waals surface area contributed by atoms with Crippen LogP contribution in [0.5, 0.6) is 0 Å². The molecule has 3 rings (SSSR count). The van der Waals surface area contributed by atoms with Crippen molar-refractivity contribution in [3.05, 3.63) is 45.3 Å². The quantitative estimate of drug-likeness (QED) is 0.613. The van der Waals surface area contributed by atoms with Crippen LogP contribution in [0.1, 0.15) is 0 Å². The summed E-state index contributed by atoms with van der Waals surface area (Å²) in [5.74, 6) is 0. The molecule has 19 heavy (non-hydrogen) atoms. The van der Waals surface area contributed by atoms with Crippen molar-refractivity contribution in [1.82, 2.24) is 3.97 Å². The van der Waals surface area contributed by atoms with E-state index in [0.717, 1.165) is 19.7 Å². The van der Waals surface area contributed by atoms with Gasteiger partial charge < -0.3 is 0 Å². The Morgan fingerprint density at radius 3 is 1.68 bits per heavy atom. The van der Waals surface area contributed by atoms with Crippen LogP contribution in [0.4, 0.5) is 0 Å². The van der Waals surface area contributed by atoms with Crippen molar-refractivity contribution in [3.63, 3.8) is 0 Å².